The van der Waals surface area contributed by atoms with Crippen LogP contribution in [0.3, 0.4) is 0 Å². The molecule has 1 amide bonds. The number of rotatable bonds is 4. The summed E-state index contributed by atoms with van der Waals surface area (Å²) in [6, 6.07) is 10.2. The first-order valence-corrected chi connectivity index (χ1v) is 9.98. The Morgan fingerprint density at radius 3 is 2.75 bits per heavy atom. The van der Waals surface area contributed by atoms with Gasteiger partial charge in [-0.2, -0.15) is 0 Å². The predicted molar refractivity (Wildman–Crippen MR) is 112 cm³/mol. The van der Waals surface area contributed by atoms with Crippen molar-refractivity contribution in [3.05, 3.63) is 53.6 Å². The largest absolute Gasteiger partial charge is 0.371 e. The number of carbonyl (C=O) groups is 1. The van der Waals surface area contributed by atoms with Crippen molar-refractivity contribution >= 4 is 22.6 Å². The summed E-state index contributed by atoms with van der Waals surface area (Å²) in [5.41, 5.74) is 4.94. The minimum atomic E-state index is -0.121. The normalized spacial score (nSPS) is 15.4. The molecule has 0 spiro atoms. The van der Waals surface area contributed by atoms with E-state index in [0.717, 1.165) is 48.5 Å². The molecule has 2 N–H and O–H groups in total. The van der Waals surface area contributed by atoms with Crippen molar-refractivity contribution < 1.29 is 4.79 Å². The van der Waals surface area contributed by atoms with Gasteiger partial charge in [0.15, 0.2) is 0 Å². The van der Waals surface area contributed by atoms with Crippen LogP contribution in [-0.4, -0.2) is 40.0 Å². The molecule has 0 bridgehead atoms. The molecule has 0 aliphatic carbocycles. The number of fused-ring (bicyclic) bond motifs is 1. The van der Waals surface area contributed by atoms with Crippen LogP contribution in [0.1, 0.15) is 54.5 Å². The van der Waals surface area contributed by atoms with Crippen molar-refractivity contribution in [2.45, 2.75) is 45.6 Å². The number of H-pyrrole nitrogens is 1. The van der Waals surface area contributed by atoms with Gasteiger partial charge < -0.3 is 15.2 Å². The molecule has 6 heteroatoms. The molecule has 0 atom stereocenters. The summed E-state index contributed by atoms with van der Waals surface area (Å²) in [4.78, 5) is 27.2. The number of hydrogen-bond donors (Lipinski definition) is 2. The third-order valence-corrected chi connectivity index (χ3v) is 5.38. The molecule has 1 saturated heterocycles. The van der Waals surface area contributed by atoms with Crippen molar-refractivity contribution in [1.82, 2.24) is 20.3 Å². The van der Waals surface area contributed by atoms with E-state index in [1.54, 1.807) is 6.20 Å². The third kappa shape index (κ3) is 3.72. The van der Waals surface area contributed by atoms with Crippen LogP contribution in [0.4, 0.5) is 5.69 Å². The molecule has 2 aromatic heterocycles. The number of aromatic nitrogens is 3. The molecule has 1 fully saturated rings. The SMILES string of the molecule is Cc1cccc2[nH]c(C3CCN(c4ccnc(C(=O)NC(C)C)c4)CC3)nc12. The number of hydrogen-bond acceptors (Lipinski definition) is 4. The zero-order chi connectivity index (χ0) is 19.7. The molecule has 0 unspecified atom stereocenters. The first-order valence-electron chi connectivity index (χ1n) is 9.98. The number of carbonyl (C=O) groups excluding carboxylic acids is 1. The Kier molecular flexibility index (Phi) is 5.03. The average molecular weight is 377 g/mol. The summed E-state index contributed by atoms with van der Waals surface area (Å²) in [6.07, 6.45) is 3.79. The quantitative estimate of drug-likeness (QED) is 0.725. The highest BCUT2D eigenvalue weighted by Gasteiger charge is 2.24. The van der Waals surface area contributed by atoms with Gasteiger partial charge in [0, 0.05) is 36.9 Å². The summed E-state index contributed by atoms with van der Waals surface area (Å²) < 4.78 is 0. The number of benzene rings is 1. The Labute approximate surface area is 165 Å². The topological polar surface area (TPSA) is 73.9 Å². The number of aromatic amines is 1. The van der Waals surface area contributed by atoms with Gasteiger partial charge in [0.25, 0.3) is 5.91 Å². The Morgan fingerprint density at radius 1 is 1.25 bits per heavy atom. The smallest absolute Gasteiger partial charge is 0.270 e. The van der Waals surface area contributed by atoms with Crippen LogP contribution >= 0.6 is 0 Å². The van der Waals surface area contributed by atoms with Crippen LogP contribution in [0.15, 0.2) is 36.5 Å². The highest BCUT2D eigenvalue weighted by Crippen LogP contribution is 2.30. The molecular weight excluding hydrogens is 350 g/mol. The first kappa shape index (κ1) is 18.5. The number of pyridine rings is 1. The van der Waals surface area contributed by atoms with Gasteiger partial charge in [0.2, 0.25) is 0 Å². The lowest BCUT2D eigenvalue weighted by Gasteiger charge is -2.33. The monoisotopic (exact) mass is 377 g/mol. The van der Waals surface area contributed by atoms with Crippen LogP contribution in [0.2, 0.25) is 0 Å². The second-order valence-corrected chi connectivity index (χ2v) is 7.88. The van der Waals surface area contributed by atoms with E-state index in [0.29, 0.717) is 11.6 Å². The van der Waals surface area contributed by atoms with Crippen molar-refractivity contribution in [3.63, 3.8) is 0 Å². The molecule has 3 heterocycles. The van der Waals surface area contributed by atoms with Crippen LogP contribution in [-0.2, 0) is 0 Å². The molecule has 1 aliphatic heterocycles. The Morgan fingerprint density at radius 2 is 2.04 bits per heavy atom. The van der Waals surface area contributed by atoms with Crippen molar-refractivity contribution in [3.8, 4) is 0 Å². The minimum absolute atomic E-state index is 0.0983. The lowest BCUT2D eigenvalue weighted by Crippen LogP contribution is -2.34. The van der Waals surface area contributed by atoms with Gasteiger partial charge >= 0.3 is 0 Å². The van der Waals surface area contributed by atoms with E-state index in [1.807, 2.05) is 26.0 Å². The Balaban J connectivity index is 1.45. The first-order chi connectivity index (χ1) is 13.5. The van der Waals surface area contributed by atoms with Crippen LogP contribution in [0.5, 0.6) is 0 Å². The van der Waals surface area contributed by atoms with Gasteiger partial charge in [0.1, 0.15) is 11.5 Å². The van der Waals surface area contributed by atoms with Crippen LogP contribution in [0, 0.1) is 6.92 Å². The fourth-order valence-electron chi connectivity index (χ4n) is 3.88. The second kappa shape index (κ2) is 7.62. The predicted octanol–water partition coefficient (Wildman–Crippen LogP) is 3.79. The molecule has 3 aromatic rings. The number of aryl methyl sites for hydroxylation is 1. The van der Waals surface area contributed by atoms with E-state index in [2.05, 4.69) is 45.3 Å². The van der Waals surface area contributed by atoms with Gasteiger partial charge in [-0.1, -0.05) is 12.1 Å². The fraction of sp³-hybridized carbons (Fsp3) is 0.409. The maximum Gasteiger partial charge on any atom is 0.270 e. The summed E-state index contributed by atoms with van der Waals surface area (Å²) in [6.45, 7) is 7.89. The zero-order valence-electron chi connectivity index (χ0n) is 16.7. The van der Waals surface area contributed by atoms with Gasteiger partial charge in [0.05, 0.1) is 11.0 Å². The van der Waals surface area contributed by atoms with E-state index >= 15 is 0 Å². The van der Waals surface area contributed by atoms with E-state index in [9.17, 15) is 4.79 Å². The molecule has 4 rings (SSSR count). The van der Waals surface area contributed by atoms with E-state index in [4.69, 9.17) is 4.98 Å². The number of imidazole rings is 1. The van der Waals surface area contributed by atoms with E-state index < -0.39 is 0 Å². The summed E-state index contributed by atoms with van der Waals surface area (Å²) in [7, 11) is 0. The lowest BCUT2D eigenvalue weighted by molar-refractivity contribution is 0.0938. The molecule has 0 saturated carbocycles. The zero-order valence-corrected chi connectivity index (χ0v) is 16.7. The highest BCUT2D eigenvalue weighted by atomic mass is 16.1. The Bertz CT molecular complexity index is 986. The second-order valence-electron chi connectivity index (χ2n) is 7.88. The van der Waals surface area contributed by atoms with Crippen LogP contribution < -0.4 is 10.2 Å². The minimum Gasteiger partial charge on any atom is -0.371 e. The highest BCUT2D eigenvalue weighted by molar-refractivity contribution is 5.93. The fourth-order valence-corrected chi connectivity index (χ4v) is 3.88. The summed E-state index contributed by atoms with van der Waals surface area (Å²) in [5, 5.41) is 2.90. The van der Waals surface area contributed by atoms with E-state index in [1.165, 1.54) is 5.56 Å². The molecule has 28 heavy (non-hydrogen) atoms. The number of nitrogens with zero attached hydrogens (tertiary/aromatic N) is 3. The molecule has 1 aliphatic rings. The summed E-state index contributed by atoms with van der Waals surface area (Å²) >= 11 is 0. The molecule has 6 nitrogen and oxygen atoms in total. The van der Waals surface area contributed by atoms with Gasteiger partial charge in [-0.3, -0.25) is 9.78 Å². The molecule has 1 aromatic carbocycles. The number of amides is 1. The third-order valence-electron chi connectivity index (χ3n) is 5.38. The average Bonchev–Trinajstić information content (AvgIpc) is 3.13. The Hall–Kier alpha value is -2.89. The maximum absolute atomic E-state index is 12.2. The lowest BCUT2D eigenvalue weighted by atomic mass is 9.96. The molecule has 146 valence electrons. The van der Waals surface area contributed by atoms with Crippen molar-refractivity contribution in [2.24, 2.45) is 0 Å². The maximum atomic E-state index is 12.2. The number of piperidine rings is 1. The number of para-hydroxylation sites is 1. The number of anilines is 1. The standard InChI is InChI=1S/C22H27N5O/c1-14(2)24-22(28)19-13-17(7-10-23-19)27-11-8-16(9-12-27)21-25-18-6-4-5-15(3)20(18)26-21/h4-7,10,13-14,16H,8-9,11-12H2,1-3H3,(H,24,28)(H,25,26). The summed E-state index contributed by atoms with van der Waals surface area (Å²) in [5.74, 6) is 1.41. The van der Waals surface area contributed by atoms with Gasteiger partial charge in [-0.05, 0) is 57.4 Å². The van der Waals surface area contributed by atoms with Crippen LogP contribution in [0.25, 0.3) is 11.0 Å². The van der Waals surface area contributed by atoms with Gasteiger partial charge in [-0.25, -0.2) is 4.98 Å². The van der Waals surface area contributed by atoms with E-state index in [-0.39, 0.29) is 11.9 Å². The molecule has 0 radical (unpaired) electrons. The number of nitrogens with one attached hydrogen (secondary N) is 2. The molecular formula is C22H27N5O. The van der Waals surface area contributed by atoms with Gasteiger partial charge in [-0.15, -0.1) is 0 Å². The van der Waals surface area contributed by atoms with Crippen molar-refractivity contribution in [2.75, 3.05) is 18.0 Å². The van der Waals surface area contributed by atoms with Crippen molar-refractivity contribution in [1.29, 1.82) is 0 Å².